The van der Waals surface area contributed by atoms with Gasteiger partial charge < -0.3 is 10.5 Å². The molecular formula is C15H14ClNO. The fourth-order valence-corrected chi connectivity index (χ4v) is 2.04. The maximum absolute atomic E-state index is 6.23. The molecule has 1 saturated carbocycles. The Morgan fingerprint density at radius 1 is 1.00 bits per heavy atom. The minimum absolute atomic E-state index is 0.366. The molecule has 2 N–H and O–H groups in total. The van der Waals surface area contributed by atoms with E-state index in [-0.39, 0.29) is 0 Å². The quantitative estimate of drug-likeness (QED) is 0.841. The summed E-state index contributed by atoms with van der Waals surface area (Å²) >= 11 is 6.23. The average Bonchev–Trinajstić information content (AvgIpc) is 3.17. The second-order valence-electron chi connectivity index (χ2n) is 4.58. The van der Waals surface area contributed by atoms with Gasteiger partial charge in [-0.25, -0.2) is 0 Å². The maximum Gasteiger partial charge on any atom is 0.138 e. The molecule has 0 aliphatic heterocycles. The Labute approximate surface area is 111 Å². The van der Waals surface area contributed by atoms with Crippen LogP contribution in [0.25, 0.3) is 11.1 Å². The minimum Gasteiger partial charge on any atom is -0.489 e. The van der Waals surface area contributed by atoms with Crippen molar-refractivity contribution in [1.82, 2.24) is 0 Å². The third kappa shape index (κ3) is 2.44. The van der Waals surface area contributed by atoms with E-state index in [4.69, 9.17) is 22.1 Å². The standard InChI is InChI=1S/C15H14ClNO/c16-14-9-11(10-1-4-12(17)5-2-10)3-8-15(14)18-13-6-7-13/h1-5,8-9,13H,6-7,17H2. The van der Waals surface area contributed by atoms with Gasteiger partial charge in [-0.2, -0.15) is 0 Å². The number of benzene rings is 2. The smallest absolute Gasteiger partial charge is 0.138 e. The van der Waals surface area contributed by atoms with Gasteiger partial charge in [-0.3, -0.25) is 0 Å². The van der Waals surface area contributed by atoms with E-state index >= 15 is 0 Å². The van der Waals surface area contributed by atoms with Crippen molar-refractivity contribution < 1.29 is 4.74 Å². The molecule has 0 radical (unpaired) electrons. The van der Waals surface area contributed by atoms with Crippen LogP contribution in [0.4, 0.5) is 5.69 Å². The fourth-order valence-electron chi connectivity index (χ4n) is 1.82. The van der Waals surface area contributed by atoms with Crippen molar-refractivity contribution >= 4 is 17.3 Å². The van der Waals surface area contributed by atoms with Gasteiger partial charge in [0.15, 0.2) is 0 Å². The minimum atomic E-state index is 0.366. The third-order valence-corrected chi connectivity index (χ3v) is 3.29. The second kappa shape index (κ2) is 4.54. The molecule has 0 heterocycles. The lowest BCUT2D eigenvalue weighted by atomic mass is 10.1. The van der Waals surface area contributed by atoms with E-state index in [0.717, 1.165) is 35.4 Å². The first-order valence-electron chi connectivity index (χ1n) is 6.04. The summed E-state index contributed by atoms with van der Waals surface area (Å²) in [7, 11) is 0. The van der Waals surface area contributed by atoms with Crippen LogP contribution in [0.15, 0.2) is 42.5 Å². The number of nitrogens with two attached hydrogens (primary N) is 1. The summed E-state index contributed by atoms with van der Waals surface area (Å²) in [6, 6.07) is 13.6. The van der Waals surface area contributed by atoms with Crippen molar-refractivity contribution in [1.29, 1.82) is 0 Å². The van der Waals surface area contributed by atoms with E-state index in [1.54, 1.807) is 0 Å². The summed E-state index contributed by atoms with van der Waals surface area (Å²) < 4.78 is 5.71. The van der Waals surface area contributed by atoms with Crippen molar-refractivity contribution in [2.45, 2.75) is 18.9 Å². The molecule has 1 fully saturated rings. The predicted molar refractivity (Wildman–Crippen MR) is 75.0 cm³/mol. The normalized spacial score (nSPS) is 14.5. The van der Waals surface area contributed by atoms with Crippen molar-refractivity contribution in [2.75, 3.05) is 5.73 Å². The van der Waals surface area contributed by atoms with E-state index < -0.39 is 0 Å². The van der Waals surface area contributed by atoms with Crippen molar-refractivity contribution in [3.05, 3.63) is 47.5 Å². The highest BCUT2D eigenvalue weighted by molar-refractivity contribution is 6.32. The molecule has 1 aliphatic rings. The zero-order chi connectivity index (χ0) is 12.5. The molecule has 1 aliphatic carbocycles. The highest BCUT2D eigenvalue weighted by Crippen LogP contribution is 2.34. The molecule has 0 bridgehead atoms. The largest absolute Gasteiger partial charge is 0.489 e. The molecule has 3 heteroatoms. The molecule has 18 heavy (non-hydrogen) atoms. The molecule has 2 aromatic rings. The Bertz CT molecular complexity index is 561. The first-order chi connectivity index (χ1) is 8.72. The number of anilines is 1. The van der Waals surface area contributed by atoms with Gasteiger partial charge in [-0.1, -0.05) is 29.8 Å². The average molecular weight is 260 g/mol. The van der Waals surface area contributed by atoms with E-state index in [1.807, 2.05) is 42.5 Å². The first-order valence-corrected chi connectivity index (χ1v) is 6.42. The summed E-state index contributed by atoms with van der Waals surface area (Å²) in [5, 5.41) is 0.663. The zero-order valence-corrected chi connectivity index (χ0v) is 10.7. The SMILES string of the molecule is Nc1ccc(-c2ccc(OC3CC3)c(Cl)c2)cc1. The second-order valence-corrected chi connectivity index (χ2v) is 4.99. The van der Waals surface area contributed by atoms with Crippen LogP contribution in [0.2, 0.25) is 5.02 Å². The molecule has 2 aromatic carbocycles. The fraction of sp³-hybridized carbons (Fsp3) is 0.200. The number of halogens is 1. The van der Waals surface area contributed by atoms with Crippen LogP contribution in [0, 0.1) is 0 Å². The number of rotatable bonds is 3. The van der Waals surface area contributed by atoms with Crippen molar-refractivity contribution in [3.8, 4) is 16.9 Å². The Morgan fingerprint density at radius 2 is 1.67 bits per heavy atom. The molecule has 92 valence electrons. The lowest BCUT2D eigenvalue weighted by Gasteiger charge is -2.09. The number of ether oxygens (including phenoxy) is 1. The lowest BCUT2D eigenvalue weighted by molar-refractivity contribution is 0.303. The maximum atomic E-state index is 6.23. The van der Waals surface area contributed by atoms with E-state index in [9.17, 15) is 0 Å². The monoisotopic (exact) mass is 259 g/mol. The highest BCUT2D eigenvalue weighted by Gasteiger charge is 2.24. The van der Waals surface area contributed by atoms with Gasteiger partial charge in [0.25, 0.3) is 0 Å². The first kappa shape index (κ1) is 11.4. The van der Waals surface area contributed by atoms with Gasteiger partial charge in [0, 0.05) is 5.69 Å². The van der Waals surface area contributed by atoms with E-state index in [0.29, 0.717) is 11.1 Å². The van der Waals surface area contributed by atoms with Crippen LogP contribution in [-0.2, 0) is 0 Å². The van der Waals surface area contributed by atoms with E-state index in [2.05, 4.69) is 0 Å². The zero-order valence-electron chi connectivity index (χ0n) is 9.90. The Balaban J connectivity index is 1.88. The molecule has 0 unspecified atom stereocenters. The molecule has 0 spiro atoms. The van der Waals surface area contributed by atoms with Crippen LogP contribution < -0.4 is 10.5 Å². The molecule has 0 aromatic heterocycles. The third-order valence-electron chi connectivity index (χ3n) is 2.99. The number of hydrogen-bond acceptors (Lipinski definition) is 2. The summed E-state index contributed by atoms with van der Waals surface area (Å²) in [6.45, 7) is 0. The number of hydrogen-bond donors (Lipinski definition) is 1. The molecule has 0 atom stereocenters. The molecule has 3 rings (SSSR count). The lowest BCUT2D eigenvalue weighted by Crippen LogP contribution is -1.96. The van der Waals surface area contributed by atoms with Gasteiger partial charge in [0.05, 0.1) is 11.1 Å². The van der Waals surface area contributed by atoms with E-state index in [1.165, 1.54) is 0 Å². The topological polar surface area (TPSA) is 35.2 Å². The van der Waals surface area contributed by atoms with Crippen molar-refractivity contribution in [3.63, 3.8) is 0 Å². The van der Waals surface area contributed by atoms with Gasteiger partial charge in [0.2, 0.25) is 0 Å². The predicted octanol–water partition coefficient (Wildman–Crippen LogP) is 4.13. The Morgan fingerprint density at radius 3 is 2.28 bits per heavy atom. The van der Waals surface area contributed by atoms with Crippen LogP contribution in [0.1, 0.15) is 12.8 Å². The van der Waals surface area contributed by atoms with Crippen LogP contribution in [0.3, 0.4) is 0 Å². The highest BCUT2D eigenvalue weighted by atomic mass is 35.5. The molecular weight excluding hydrogens is 246 g/mol. The molecule has 0 saturated heterocycles. The van der Waals surface area contributed by atoms with Crippen LogP contribution >= 0.6 is 11.6 Å². The summed E-state index contributed by atoms with van der Waals surface area (Å²) in [6.07, 6.45) is 2.64. The summed E-state index contributed by atoms with van der Waals surface area (Å²) in [5.41, 5.74) is 8.61. The van der Waals surface area contributed by atoms with Gasteiger partial charge >= 0.3 is 0 Å². The Kier molecular flexibility index (Phi) is 2.88. The molecule has 2 nitrogen and oxygen atoms in total. The van der Waals surface area contributed by atoms with Gasteiger partial charge in [0.1, 0.15) is 5.75 Å². The summed E-state index contributed by atoms with van der Waals surface area (Å²) in [5.74, 6) is 0.776. The van der Waals surface area contributed by atoms with Crippen LogP contribution in [0.5, 0.6) is 5.75 Å². The Hall–Kier alpha value is -1.67. The van der Waals surface area contributed by atoms with Gasteiger partial charge in [-0.05, 0) is 48.2 Å². The summed E-state index contributed by atoms with van der Waals surface area (Å²) in [4.78, 5) is 0. The van der Waals surface area contributed by atoms with Gasteiger partial charge in [-0.15, -0.1) is 0 Å². The number of nitrogen functional groups attached to an aromatic ring is 1. The van der Waals surface area contributed by atoms with Crippen LogP contribution in [-0.4, -0.2) is 6.10 Å². The van der Waals surface area contributed by atoms with Crippen molar-refractivity contribution in [2.24, 2.45) is 0 Å². The molecule has 0 amide bonds.